The molecule has 0 saturated carbocycles. The molecule has 0 atom stereocenters. The van der Waals surface area contributed by atoms with Crippen molar-refractivity contribution in [2.24, 2.45) is 0 Å². The highest BCUT2D eigenvalue weighted by atomic mass is 35.5. The fourth-order valence-corrected chi connectivity index (χ4v) is 2.10. The Bertz CT molecular complexity index is 643. The number of rotatable bonds is 7. The fraction of sp³-hybridized carbons (Fsp3) is 0.438. The average molecular weight is 339 g/mol. The second kappa shape index (κ2) is 9.15. The number of hydrogen-bond acceptors (Lipinski definition) is 5. The zero-order valence-electron chi connectivity index (χ0n) is 13.5. The number of amides is 1. The predicted molar refractivity (Wildman–Crippen MR) is 92.7 cm³/mol. The summed E-state index contributed by atoms with van der Waals surface area (Å²) in [6, 6.07) is 5.47. The summed E-state index contributed by atoms with van der Waals surface area (Å²) in [4.78, 5) is 16.2. The third-order valence-electron chi connectivity index (χ3n) is 3.31. The Morgan fingerprint density at radius 1 is 1.35 bits per heavy atom. The molecule has 0 aliphatic carbocycles. The first-order valence-electron chi connectivity index (χ1n) is 7.56. The molecule has 2 aromatic rings. The molecule has 1 amide bonds. The van der Waals surface area contributed by atoms with Gasteiger partial charge in [0.15, 0.2) is 5.82 Å². The van der Waals surface area contributed by atoms with Gasteiger partial charge in [-0.2, -0.15) is 4.98 Å². The van der Waals surface area contributed by atoms with Crippen molar-refractivity contribution in [3.63, 3.8) is 0 Å². The van der Waals surface area contributed by atoms with Gasteiger partial charge in [-0.25, -0.2) is 0 Å². The standard InChI is InChI=1S/C16H22N4O2.ClH/c1-3-5-14-19-16(22-20-14)7-4-6-15(21)18-13-10-12(17)9-8-11(13)2;/h8-10H,3-7,17H2,1-2H3,(H,18,21);1H. The molecule has 23 heavy (non-hydrogen) atoms. The van der Waals surface area contributed by atoms with Crippen LogP contribution < -0.4 is 11.1 Å². The van der Waals surface area contributed by atoms with Crippen LogP contribution in [-0.4, -0.2) is 16.0 Å². The van der Waals surface area contributed by atoms with E-state index in [0.29, 0.717) is 30.8 Å². The number of aromatic nitrogens is 2. The van der Waals surface area contributed by atoms with Crippen LogP contribution in [0.4, 0.5) is 11.4 Å². The Balaban J connectivity index is 0.00000264. The van der Waals surface area contributed by atoms with Crippen molar-refractivity contribution in [3.05, 3.63) is 35.5 Å². The number of nitrogen functional groups attached to an aromatic ring is 1. The van der Waals surface area contributed by atoms with Crippen molar-refractivity contribution >= 4 is 29.7 Å². The number of carbonyl (C=O) groups is 1. The lowest BCUT2D eigenvalue weighted by atomic mass is 10.1. The summed E-state index contributed by atoms with van der Waals surface area (Å²) in [7, 11) is 0. The van der Waals surface area contributed by atoms with Crippen molar-refractivity contribution in [1.82, 2.24) is 10.1 Å². The first-order chi connectivity index (χ1) is 10.6. The average Bonchev–Trinajstić information content (AvgIpc) is 2.91. The van der Waals surface area contributed by atoms with Gasteiger partial charge in [-0.15, -0.1) is 12.4 Å². The van der Waals surface area contributed by atoms with E-state index < -0.39 is 0 Å². The molecule has 1 aromatic carbocycles. The molecule has 0 fully saturated rings. The normalized spacial score (nSPS) is 10.2. The maximum atomic E-state index is 12.0. The quantitative estimate of drug-likeness (QED) is 0.755. The third-order valence-corrected chi connectivity index (χ3v) is 3.31. The SMILES string of the molecule is CCCc1noc(CCCC(=O)Nc2cc(N)ccc2C)n1.Cl. The van der Waals surface area contributed by atoms with E-state index in [0.717, 1.165) is 29.9 Å². The zero-order valence-corrected chi connectivity index (χ0v) is 14.3. The lowest BCUT2D eigenvalue weighted by Crippen LogP contribution is -2.12. The van der Waals surface area contributed by atoms with Gasteiger partial charge in [-0.1, -0.05) is 18.1 Å². The summed E-state index contributed by atoms with van der Waals surface area (Å²) in [6.07, 6.45) is 3.49. The van der Waals surface area contributed by atoms with Gasteiger partial charge in [0.2, 0.25) is 11.8 Å². The molecule has 0 saturated heterocycles. The van der Waals surface area contributed by atoms with E-state index in [2.05, 4.69) is 22.4 Å². The number of benzene rings is 1. The van der Waals surface area contributed by atoms with Crippen LogP contribution in [0.2, 0.25) is 0 Å². The van der Waals surface area contributed by atoms with Gasteiger partial charge in [0.25, 0.3) is 0 Å². The van der Waals surface area contributed by atoms with Crippen molar-refractivity contribution in [3.8, 4) is 0 Å². The molecule has 3 N–H and O–H groups in total. The number of aryl methyl sites for hydroxylation is 3. The van der Waals surface area contributed by atoms with Gasteiger partial charge in [0, 0.05) is 30.6 Å². The molecule has 0 bridgehead atoms. The number of hydrogen-bond donors (Lipinski definition) is 2. The van der Waals surface area contributed by atoms with Crippen molar-refractivity contribution in [1.29, 1.82) is 0 Å². The molecule has 0 aliphatic heterocycles. The molecule has 0 aliphatic rings. The van der Waals surface area contributed by atoms with Crippen LogP contribution in [0.25, 0.3) is 0 Å². The number of nitrogens with zero attached hydrogens (tertiary/aromatic N) is 2. The van der Waals surface area contributed by atoms with Crippen LogP contribution in [0.3, 0.4) is 0 Å². The van der Waals surface area contributed by atoms with Crippen molar-refractivity contribution in [2.75, 3.05) is 11.1 Å². The molecule has 0 unspecified atom stereocenters. The maximum Gasteiger partial charge on any atom is 0.226 e. The van der Waals surface area contributed by atoms with E-state index >= 15 is 0 Å². The van der Waals surface area contributed by atoms with Gasteiger partial charge >= 0.3 is 0 Å². The second-order valence-electron chi connectivity index (χ2n) is 5.33. The van der Waals surface area contributed by atoms with Gasteiger partial charge in [-0.05, 0) is 37.5 Å². The Kier molecular flexibility index (Phi) is 7.54. The monoisotopic (exact) mass is 338 g/mol. The Labute approximate surface area is 142 Å². The van der Waals surface area contributed by atoms with Crippen LogP contribution in [0.15, 0.2) is 22.7 Å². The lowest BCUT2D eigenvalue weighted by Gasteiger charge is -2.08. The van der Waals surface area contributed by atoms with Gasteiger partial charge in [-0.3, -0.25) is 4.79 Å². The van der Waals surface area contributed by atoms with Crippen LogP contribution >= 0.6 is 12.4 Å². The Morgan fingerprint density at radius 3 is 2.87 bits per heavy atom. The number of carbonyl (C=O) groups excluding carboxylic acids is 1. The Morgan fingerprint density at radius 2 is 2.13 bits per heavy atom. The summed E-state index contributed by atoms with van der Waals surface area (Å²) in [5.74, 6) is 1.29. The van der Waals surface area contributed by atoms with Crippen LogP contribution in [0.5, 0.6) is 0 Å². The number of nitrogens with two attached hydrogens (primary N) is 1. The summed E-state index contributed by atoms with van der Waals surface area (Å²) < 4.78 is 5.14. The largest absolute Gasteiger partial charge is 0.399 e. The smallest absolute Gasteiger partial charge is 0.226 e. The minimum atomic E-state index is -0.0398. The zero-order chi connectivity index (χ0) is 15.9. The topological polar surface area (TPSA) is 94.0 Å². The van der Waals surface area contributed by atoms with E-state index in [1.165, 1.54) is 0 Å². The van der Waals surface area contributed by atoms with Crippen LogP contribution in [0.1, 0.15) is 43.5 Å². The highest BCUT2D eigenvalue weighted by molar-refractivity contribution is 5.92. The highest BCUT2D eigenvalue weighted by Crippen LogP contribution is 2.18. The van der Waals surface area contributed by atoms with Crippen molar-refractivity contribution in [2.45, 2.75) is 46.0 Å². The molecular weight excluding hydrogens is 316 g/mol. The van der Waals surface area contributed by atoms with E-state index in [1.807, 2.05) is 19.1 Å². The fourth-order valence-electron chi connectivity index (χ4n) is 2.10. The van der Waals surface area contributed by atoms with Gasteiger partial charge in [0.1, 0.15) is 0 Å². The molecule has 7 heteroatoms. The predicted octanol–water partition coefficient (Wildman–Crippen LogP) is 3.30. The molecule has 1 heterocycles. The minimum Gasteiger partial charge on any atom is -0.399 e. The molecule has 0 radical (unpaired) electrons. The van der Waals surface area contributed by atoms with Crippen LogP contribution in [0, 0.1) is 6.92 Å². The summed E-state index contributed by atoms with van der Waals surface area (Å²) in [6.45, 7) is 4.00. The first-order valence-corrected chi connectivity index (χ1v) is 7.56. The van der Waals surface area contributed by atoms with E-state index in [1.54, 1.807) is 6.07 Å². The summed E-state index contributed by atoms with van der Waals surface area (Å²) in [5, 5.41) is 6.77. The molecule has 0 spiro atoms. The minimum absolute atomic E-state index is 0. The Hall–Kier alpha value is -2.08. The number of nitrogens with one attached hydrogen (secondary N) is 1. The molecule has 126 valence electrons. The molecule has 6 nitrogen and oxygen atoms in total. The lowest BCUT2D eigenvalue weighted by molar-refractivity contribution is -0.116. The maximum absolute atomic E-state index is 12.0. The molecule has 2 rings (SSSR count). The first kappa shape index (κ1) is 19.0. The number of anilines is 2. The highest BCUT2D eigenvalue weighted by Gasteiger charge is 2.08. The van der Waals surface area contributed by atoms with Crippen molar-refractivity contribution < 1.29 is 9.32 Å². The molecular formula is C16H23ClN4O2. The van der Waals surface area contributed by atoms with Crippen LogP contribution in [-0.2, 0) is 17.6 Å². The number of halogens is 1. The summed E-state index contributed by atoms with van der Waals surface area (Å²) in [5.41, 5.74) is 8.11. The van der Waals surface area contributed by atoms with Gasteiger partial charge < -0.3 is 15.6 Å². The van der Waals surface area contributed by atoms with E-state index in [9.17, 15) is 4.79 Å². The third kappa shape index (κ3) is 5.90. The van der Waals surface area contributed by atoms with Gasteiger partial charge in [0.05, 0.1) is 0 Å². The molecule has 1 aromatic heterocycles. The van der Waals surface area contributed by atoms with E-state index in [4.69, 9.17) is 10.3 Å². The summed E-state index contributed by atoms with van der Waals surface area (Å²) >= 11 is 0. The van der Waals surface area contributed by atoms with E-state index in [-0.39, 0.29) is 18.3 Å². The second-order valence-corrected chi connectivity index (χ2v) is 5.33.